The highest BCUT2D eigenvalue weighted by Gasteiger charge is 2.23. The third kappa shape index (κ3) is 3.65. The Morgan fingerprint density at radius 2 is 1.75 bits per heavy atom. The van der Waals surface area contributed by atoms with Gasteiger partial charge in [0.05, 0.1) is 18.8 Å². The molecule has 0 aliphatic carbocycles. The van der Waals surface area contributed by atoms with Gasteiger partial charge >= 0.3 is 0 Å². The molecule has 2 aromatic rings. The van der Waals surface area contributed by atoms with E-state index in [-0.39, 0.29) is 12.6 Å². The quantitative estimate of drug-likeness (QED) is 0.499. The Balaban J connectivity index is 2.07. The average molecular weight is 343 g/mol. The molecule has 2 rings (SSSR count). The number of amides is 1. The van der Waals surface area contributed by atoms with Crippen molar-refractivity contribution in [3.05, 3.63) is 64.7 Å². The number of nitrogens with one attached hydrogen (secondary N) is 1. The molecule has 0 aromatic heterocycles. The molecule has 0 radical (unpaired) electrons. The predicted octanol–water partition coefficient (Wildman–Crippen LogP) is 2.72. The Labute approximate surface area is 134 Å². The molecule has 4 nitrogen and oxygen atoms in total. The molecule has 8 heteroatoms. The fraction of sp³-hybridized carbons (Fsp3) is 0.188. The molecule has 0 aliphatic rings. The van der Waals surface area contributed by atoms with E-state index in [0.717, 1.165) is 0 Å². The number of aliphatic hydroxyl groups excluding tert-OH is 1. The fourth-order valence-electron chi connectivity index (χ4n) is 1.97. The monoisotopic (exact) mass is 343 g/mol. The number of ether oxygens (including phenoxy) is 1. The van der Waals surface area contributed by atoms with Crippen LogP contribution in [0.15, 0.2) is 30.3 Å². The molecule has 0 saturated heterocycles. The van der Waals surface area contributed by atoms with Crippen LogP contribution in [0.25, 0.3) is 0 Å². The Morgan fingerprint density at radius 1 is 1.12 bits per heavy atom. The highest BCUT2D eigenvalue weighted by Crippen LogP contribution is 2.20. The van der Waals surface area contributed by atoms with Crippen molar-refractivity contribution in [1.29, 1.82) is 0 Å². The lowest BCUT2D eigenvalue weighted by Crippen LogP contribution is -2.29. The van der Waals surface area contributed by atoms with Crippen molar-refractivity contribution in [2.45, 2.75) is 6.10 Å². The lowest BCUT2D eigenvalue weighted by atomic mass is 10.1. The summed E-state index contributed by atoms with van der Waals surface area (Å²) >= 11 is 0. The van der Waals surface area contributed by atoms with E-state index in [1.165, 1.54) is 7.11 Å². The number of rotatable bonds is 5. The van der Waals surface area contributed by atoms with Crippen LogP contribution in [0.1, 0.15) is 22.0 Å². The lowest BCUT2D eigenvalue weighted by molar-refractivity contribution is 0.0910. The van der Waals surface area contributed by atoms with Crippen LogP contribution >= 0.6 is 0 Å². The first-order chi connectivity index (χ1) is 11.3. The second-order valence-electron chi connectivity index (χ2n) is 4.85. The molecular formula is C16H13F4NO3. The molecule has 2 N–H and O–H groups in total. The largest absolute Gasteiger partial charge is 0.497 e. The van der Waals surface area contributed by atoms with Gasteiger partial charge in [-0.05, 0) is 23.8 Å². The molecule has 1 amide bonds. The number of carbonyl (C=O) groups is 1. The van der Waals surface area contributed by atoms with Crippen molar-refractivity contribution in [3.8, 4) is 5.75 Å². The topological polar surface area (TPSA) is 58.6 Å². The van der Waals surface area contributed by atoms with Crippen LogP contribution < -0.4 is 10.1 Å². The van der Waals surface area contributed by atoms with Gasteiger partial charge < -0.3 is 15.2 Å². The van der Waals surface area contributed by atoms with E-state index in [2.05, 4.69) is 5.32 Å². The Kier molecular flexibility index (Phi) is 5.40. The van der Waals surface area contributed by atoms with Crippen molar-refractivity contribution < 1.29 is 32.2 Å². The zero-order valence-electron chi connectivity index (χ0n) is 12.4. The van der Waals surface area contributed by atoms with E-state index in [0.29, 0.717) is 11.3 Å². The SMILES string of the molecule is COc1ccc(C(O)CNC(=O)c2cc(F)c(F)c(F)c2F)cc1. The summed E-state index contributed by atoms with van der Waals surface area (Å²) in [6, 6.07) is 6.53. The molecule has 0 aliphatic heterocycles. The summed E-state index contributed by atoms with van der Waals surface area (Å²) in [4.78, 5) is 11.8. The van der Waals surface area contributed by atoms with E-state index in [1.54, 1.807) is 24.3 Å². The van der Waals surface area contributed by atoms with E-state index >= 15 is 0 Å². The van der Waals surface area contributed by atoms with Gasteiger partial charge in [0.25, 0.3) is 5.91 Å². The molecule has 2 aromatic carbocycles. The Hall–Kier alpha value is -2.61. The maximum Gasteiger partial charge on any atom is 0.254 e. The molecule has 0 heterocycles. The van der Waals surface area contributed by atoms with E-state index < -0.39 is 40.8 Å². The van der Waals surface area contributed by atoms with Gasteiger partial charge in [0.15, 0.2) is 23.3 Å². The van der Waals surface area contributed by atoms with Gasteiger partial charge in [-0.15, -0.1) is 0 Å². The second-order valence-corrected chi connectivity index (χ2v) is 4.85. The van der Waals surface area contributed by atoms with Crippen molar-refractivity contribution in [2.24, 2.45) is 0 Å². The number of hydrogen-bond donors (Lipinski definition) is 2. The zero-order valence-corrected chi connectivity index (χ0v) is 12.4. The Bertz CT molecular complexity index is 750. The predicted molar refractivity (Wildman–Crippen MR) is 76.6 cm³/mol. The first kappa shape index (κ1) is 17.7. The number of carbonyl (C=O) groups excluding carboxylic acids is 1. The fourth-order valence-corrected chi connectivity index (χ4v) is 1.97. The van der Waals surface area contributed by atoms with Crippen LogP contribution in [0, 0.1) is 23.3 Å². The summed E-state index contributed by atoms with van der Waals surface area (Å²) < 4.78 is 57.5. The lowest BCUT2D eigenvalue weighted by Gasteiger charge is -2.13. The summed E-state index contributed by atoms with van der Waals surface area (Å²) in [6.07, 6.45) is -1.14. The number of aliphatic hydroxyl groups is 1. The van der Waals surface area contributed by atoms with Gasteiger partial charge in [0, 0.05) is 6.54 Å². The molecule has 0 fully saturated rings. The molecule has 0 bridgehead atoms. The summed E-state index contributed by atoms with van der Waals surface area (Å²) in [5, 5.41) is 12.1. The van der Waals surface area contributed by atoms with Gasteiger partial charge in [0.1, 0.15) is 5.75 Å². The van der Waals surface area contributed by atoms with Crippen molar-refractivity contribution in [3.63, 3.8) is 0 Å². The van der Waals surface area contributed by atoms with Crippen molar-refractivity contribution in [2.75, 3.05) is 13.7 Å². The first-order valence-electron chi connectivity index (χ1n) is 6.78. The summed E-state index contributed by atoms with van der Waals surface area (Å²) in [7, 11) is 1.47. The normalized spacial score (nSPS) is 11.9. The van der Waals surface area contributed by atoms with Crippen LogP contribution in [0.2, 0.25) is 0 Å². The summed E-state index contributed by atoms with van der Waals surface area (Å²) in [6.45, 7) is -0.342. The molecule has 1 unspecified atom stereocenters. The molecule has 0 spiro atoms. The van der Waals surface area contributed by atoms with Crippen LogP contribution in [-0.4, -0.2) is 24.7 Å². The molecule has 128 valence electrons. The number of halogens is 4. The van der Waals surface area contributed by atoms with E-state index in [1.807, 2.05) is 0 Å². The Morgan fingerprint density at radius 3 is 2.33 bits per heavy atom. The van der Waals surface area contributed by atoms with Gasteiger partial charge in [-0.25, -0.2) is 17.6 Å². The highest BCUT2D eigenvalue weighted by atomic mass is 19.2. The number of methoxy groups -OCH3 is 1. The third-order valence-electron chi connectivity index (χ3n) is 3.30. The van der Waals surface area contributed by atoms with Crippen LogP contribution in [0.3, 0.4) is 0 Å². The highest BCUT2D eigenvalue weighted by molar-refractivity contribution is 5.94. The van der Waals surface area contributed by atoms with Crippen LogP contribution in [0.4, 0.5) is 17.6 Å². The van der Waals surface area contributed by atoms with Gasteiger partial charge in [-0.1, -0.05) is 12.1 Å². The van der Waals surface area contributed by atoms with Crippen LogP contribution in [-0.2, 0) is 0 Å². The van der Waals surface area contributed by atoms with Gasteiger partial charge in [-0.3, -0.25) is 4.79 Å². The van der Waals surface area contributed by atoms with Gasteiger partial charge in [0.2, 0.25) is 0 Å². The first-order valence-corrected chi connectivity index (χ1v) is 6.78. The molecule has 0 saturated carbocycles. The summed E-state index contributed by atoms with van der Waals surface area (Å²) in [5.74, 6) is -8.18. The molecule has 1 atom stereocenters. The number of benzene rings is 2. The van der Waals surface area contributed by atoms with Crippen molar-refractivity contribution >= 4 is 5.91 Å². The second kappa shape index (κ2) is 7.31. The van der Waals surface area contributed by atoms with E-state index in [4.69, 9.17) is 4.74 Å². The minimum atomic E-state index is -2.07. The molecule has 24 heavy (non-hydrogen) atoms. The van der Waals surface area contributed by atoms with Gasteiger partial charge in [-0.2, -0.15) is 0 Å². The maximum atomic E-state index is 13.5. The molecular weight excluding hydrogens is 330 g/mol. The van der Waals surface area contributed by atoms with E-state index in [9.17, 15) is 27.5 Å². The van der Waals surface area contributed by atoms with Crippen LogP contribution in [0.5, 0.6) is 5.75 Å². The zero-order chi connectivity index (χ0) is 17.9. The minimum absolute atomic E-state index is 0.253. The van der Waals surface area contributed by atoms with Crippen molar-refractivity contribution in [1.82, 2.24) is 5.32 Å². The average Bonchev–Trinajstić information content (AvgIpc) is 2.60. The smallest absolute Gasteiger partial charge is 0.254 e. The number of hydrogen-bond acceptors (Lipinski definition) is 3. The third-order valence-corrected chi connectivity index (χ3v) is 3.30. The maximum absolute atomic E-state index is 13.5. The summed E-state index contributed by atoms with van der Waals surface area (Å²) in [5.41, 5.74) is -0.554. The minimum Gasteiger partial charge on any atom is -0.497 e. The standard InChI is InChI=1S/C16H13F4NO3/c1-24-9-4-2-8(3-5-9)12(22)7-21-16(23)10-6-11(17)14(19)15(20)13(10)18/h2-6,12,22H,7H2,1H3,(H,21,23).